The monoisotopic (exact) mass is 394 g/mol. The molecular weight excluding hydrogens is 376 g/mol. The molecule has 142 valence electrons. The summed E-state index contributed by atoms with van der Waals surface area (Å²) in [4.78, 5) is 0. The van der Waals surface area contributed by atoms with E-state index in [1.54, 1.807) is 6.26 Å². The molecule has 28 heavy (non-hydrogen) atoms. The lowest BCUT2D eigenvalue weighted by molar-refractivity contribution is -0.0211. The first-order valence-corrected chi connectivity index (χ1v) is 9.70. The average molecular weight is 395 g/mol. The summed E-state index contributed by atoms with van der Waals surface area (Å²) < 4.78 is 17.9. The van der Waals surface area contributed by atoms with Gasteiger partial charge < -0.3 is 13.9 Å². The third kappa shape index (κ3) is 2.74. The van der Waals surface area contributed by atoms with Crippen molar-refractivity contribution >= 4 is 17.3 Å². The summed E-state index contributed by atoms with van der Waals surface area (Å²) >= 11 is 6.51. The van der Waals surface area contributed by atoms with Gasteiger partial charge in [0.25, 0.3) is 0 Å². The molecule has 0 saturated carbocycles. The Hall–Kier alpha value is -2.92. The Kier molecular flexibility index (Phi) is 4.24. The van der Waals surface area contributed by atoms with Gasteiger partial charge in [-0.25, -0.2) is 5.01 Å². The Bertz CT molecular complexity index is 1030. The fraction of sp³-hybridized carbons (Fsp3) is 0.227. The predicted octanol–water partition coefficient (Wildman–Crippen LogP) is 5.57. The minimum Gasteiger partial charge on any atom is -0.490 e. The van der Waals surface area contributed by atoms with Crippen molar-refractivity contribution in [3.8, 4) is 11.5 Å². The van der Waals surface area contributed by atoms with Gasteiger partial charge in [-0.2, -0.15) is 5.10 Å². The molecule has 0 saturated heterocycles. The maximum atomic E-state index is 6.51. The number of hydrogen-bond acceptors (Lipinski definition) is 5. The van der Waals surface area contributed by atoms with E-state index in [9.17, 15) is 0 Å². The lowest BCUT2D eigenvalue weighted by atomic mass is 9.97. The van der Waals surface area contributed by atoms with Crippen LogP contribution in [0.1, 0.15) is 42.5 Å². The molecule has 2 aliphatic heterocycles. The van der Waals surface area contributed by atoms with Gasteiger partial charge in [0.1, 0.15) is 11.5 Å². The fourth-order valence-corrected chi connectivity index (χ4v) is 4.05. The molecular formula is C22H19ClN2O3. The molecule has 2 aromatic carbocycles. The molecule has 0 unspecified atom stereocenters. The largest absolute Gasteiger partial charge is 0.490 e. The van der Waals surface area contributed by atoms with Crippen LogP contribution in [-0.2, 0) is 0 Å². The number of furan rings is 1. The molecule has 0 radical (unpaired) electrons. The van der Waals surface area contributed by atoms with Gasteiger partial charge in [0.05, 0.1) is 18.9 Å². The Morgan fingerprint density at radius 2 is 1.96 bits per heavy atom. The lowest BCUT2D eigenvalue weighted by Crippen LogP contribution is -2.34. The highest BCUT2D eigenvalue weighted by atomic mass is 35.5. The molecule has 0 N–H and O–H groups in total. The van der Waals surface area contributed by atoms with Gasteiger partial charge in [0.15, 0.2) is 11.5 Å². The van der Waals surface area contributed by atoms with Gasteiger partial charge in [-0.3, -0.25) is 0 Å². The average Bonchev–Trinajstić information content (AvgIpc) is 3.38. The van der Waals surface area contributed by atoms with Crippen molar-refractivity contribution in [2.75, 3.05) is 6.61 Å². The molecule has 2 aliphatic rings. The van der Waals surface area contributed by atoms with Crippen molar-refractivity contribution in [2.45, 2.75) is 25.6 Å². The van der Waals surface area contributed by atoms with Gasteiger partial charge >= 0.3 is 0 Å². The number of fused-ring (bicyclic) bond motifs is 3. The van der Waals surface area contributed by atoms with Crippen LogP contribution in [0.2, 0.25) is 5.02 Å². The standard InChI is InChI=1S/C22H19ClN2O3/c1-2-26-20-10-5-8-15-18-13-17(19-11-6-12-27-19)24-25(18)22(28-21(15)20)14-7-3-4-9-16(14)23/h3-12,18,22H,2,13H2,1H3/t18-,22-/m0/s1. The molecule has 0 amide bonds. The molecule has 2 atom stereocenters. The number of hydrazone groups is 1. The van der Waals surface area contributed by atoms with Crippen LogP contribution < -0.4 is 9.47 Å². The highest BCUT2D eigenvalue weighted by Gasteiger charge is 2.43. The summed E-state index contributed by atoms with van der Waals surface area (Å²) in [5, 5.41) is 7.48. The molecule has 0 spiro atoms. The van der Waals surface area contributed by atoms with Crippen LogP contribution in [-0.4, -0.2) is 17.3 Å². The highest BCUT2D eigenvalue weighted by molar-refractivity contribution is 6.31. The first-order valence-electron chi connectivity index (χ1n) is 9.32. The van der Waals surface area contributed by atoms with Crippen LogP contribution in [0, 0.1) is 0 Å². The number of hydrogen-bond donors (Lipinski definition) is 0. The maximum Gasteiger partial charge on any atom is 0.215 e. The van der Waals surface area contributed by atoms with Crippen LogP contribution >= 0.6 is 11.6 Å². The van der Waals surface area contributed by atoms with Gasteiger partial charge in [-0.1, -0.05) is 41.9 Å². The number of ether oxygens (including phenoxy) is 2. The minimum absolute atomic E-state index is 0.0190. The second-order valence-electron chi connectivity index (χ2n) is 6.72. The van der Waals surface area contributed by atoms with E-state index in [1.807, 2.05) is 60.5 Å². The van der Waals surface area contributed by atoms with Crippen LogP contribution in [0.25, 0.3) is 0 Å². The Balaban J connectivity index is 1.64. The van der Waals surface area contributed by atoms with E-state index < -0.39 is 6.23 Å². The molecule has 0 aliphatic carbocycles. The molecule has 6 heteroatoms. The number of nitrogens with zero attached hydrogens (tertiary/aromatic N) is 2. The summed E-state index contributed by atoms with van der Waals surface area (Å²) in [6.07, 6.45) is 1.94. The zero-order valence-corrected chi connectivity index (χ0v) is 16.1. The Morgan fingerprint density at radius 3 is 2.75 bits per heavy atom. The third-order valence-corrected chi connectivity index (χ3v) is 5.40. The topological polar surface area (TPSA) is 47.2 Å². The second kappa shape index (κ2) is 6.91. The number of rotatable bonds is 4. The van der Waals surface area contributed by atoms with Gasteiger partial charge in [0, 0.05) is 22.6 Å². The summed E-state index contributed by atoms with van der Waals surface area (Å²) in [5.74, 6) is 2.27. The molecule has 5 nitrogen and oxygen atoms in total. The van der Waals surface area contributed by atoms with E-state index in [0.717, 1.165) is 40.5 Å². The van der Waals surface area contributed by atoms with E-state index in [1.165, 1.54) is 0 Å². The second-order valence-corrected chi connectivity index (χ2v) is 7.13. The fourth-order valence-electron chi connectivity index (χ4n) is 3.83. The number of halogens is 1. The minimum atomic E-state index is -0.444. The lowest BCUT2D eigenvalue weighted by Gasteiger charge is -2.39. The van der Waals surface area contributed by atoms with Crippen LogP contribution in [0.4, 0.5) is 0 Å². The predicted molar refractivity (Wildman–Crippen MR) is 107 cm³/mol. The van der Waals surface area contributed by atoms with Crippen LogP contribution in [0.5, 0.6) is 11.5 Å². The zero-order valence-electron chi connectivity index (χ0n) is 15.3. The van der Waals surface area contributed by atoms with Crippen molar-refractivity contribution in [3.63, 3.8) is 0 Å². The number of benzene rings is 2. The van der Waals surface area contributed by atoms with E-state index in [-0.39, 0.29) is 6.04 Å². The molecule has 0 fully saturated rings. The third-order valence-electron chi connectivity index (χ3n) is 5.06. The van der Waals surface area contributed by atoms with E-state index in [2.05, 4.69) is 6.07 Å². The molecule has 5 rings (SSSR count). The van der Waals surface area contributed by atoms with Crippen LogP contribution in [0.3, 0.4) is 0 Å². The van der Waals surface area contributed by atoms with Gasteiger partial charge in [0.2, 0.25) is 6.23 Å². The molecule has 1 aromatic heterocycles. The van der Waals surface area contributed by atoms with Crippen molar-refractivity contribution < 1.29 is 13.9 Å². The van der Waals surface area contributed by atoms with Crippen molar-refractivity contribution in [1.82, 2.24) is 5.01 Å². The normalized spacial score (nSPS) is 20.2. The molecule has 3 aromatic rings. The van der Waals surface area contributed by atoms with Gasteiger partial charge in [-0.05, 0) is 31.2 Å². The van der Waals surface area contributed by atoms with E-state index >= 15 is 0 Å². The SMILES string of the molecule is CCOc1cccc2c1O[C@@H](c1ccccc1Cl)N1N=C(c3ccco3)C[C@@H]21. The Morgan fingerprint density at radius 1 is 1.11 bits per heavy atom. The summed E-state index contributed by atoms with van der Waals surface area (Å²) in [6.45, 7) is 2.53. The van der Waals surface area contributed by atoms with E-state index in [4.69, 9.17) is 30.6 Å². The molecule has 3 heterocycles. The smallest absolute Gasteiger partial charge is 0.215 e. The first-order chi connectivity index (χ1) is 13.8. The van der Waals surface area contributed by atoms with Gasteiger partial charge in [-0.15, -0.1) is 0 Å². The first kappa shape index (κ1) is 17.2. The maximum absolute atomic E-state index is 6.51. The highest BCUT2D eigenvalue weighted by Crippen LogP contribution is 2.51. The van der Waals surface area contributed by atoms with Crippen molar-refractivity contribution in [2.24, 2.45) is 5.10 Å². The summed E-state index contributed by atoms with van der Waals surface area (Å²) in [6, 6.07) is 17.5. The zero-order chi connectivity index (χ0) is 19.1. The van der Waals surface area contributed by atoms with Crippen molar-refractivity contribution in [3.05, 3.63) is 82.8 Å². The Labute approximate surface area is 168 Å². The summed E-state index contributed by atoms with van der Waals surface area (Å²) in [5.41, 5.74) is 2.82. The van der Waals surface area contributed by atoms with Crippen LogP contribution in [0.15, 0.2) is 70.4 Å². The molecule has 0 bridgehead atoms. The van der Waals surface area contributed by atoms with E-state index in [0.29, 0.717) is 11.6 Å². The quantitative estimate of drug-likeness (QED) is 0.580. The summed E-state index contributed by atoms with van der Waals surface area (Å²) in [7, 11) is 0. The number of para-hydroxylation sites is 1. The van der Waals surface area contributed by atoms with Crippen molar-refractivity contribution in [1.29, 1.82) is 0 Å².